The van der Waals surface area contributed by atoms with Crippen molar-refractivity contribution in [2.45, 2.75) is 18.9 Å². The Balaban J connectivity index is 1.80. The number of fused-ring (bicyclic) bond motifs is 3. The number of hydrogen-bond acceptors (Lipinski definition) is 5. The van der Waals surface area contributed by atoms with Crippen molar-refractivity contribution in [3.63, 3.8) is 0 Å². The number of likely N-dealkylation sites (tertiary alicyclic amines) is 1. The standard InChI is InChI=1S/C18H18N4S/c1-22-7-2-3-13(11-22)20-18-15-6-8-23-17(15)14-5-4-12(10-19)9-16(14)21-18/h4-6,8-9,13H,2-3,7,11H2,1H3,(H,20,21). The molecule has 0 aliphatic carbocycles. The first-order chi connectivity index (χ1) is 11.2. The topological polar surface area (TPSA) is 52.0 Å². The van der Waals surface area contributed by atoms with Crippen molar-refractivity contribution >= 4 is 38.1 Å². The van der Waals surface area contributed by atoms with Crippen molar-refractivity contribution in [3.05, 3.63) is 35.2 Å². The van der Waals surface area contributed by atoms with Gasteiger partial charge in [0.2, 0.25) is 0 Å². The van der Waals surface area contributed by atoms with Crippen LogP contribution in [0.25, 0.3) is 21.0 Å². The number of thiophene rings is 1. The second-order valence-electron chi connectivity index (χ2n) is 6.21. The molecule has 1 unspecified atom stereocenters. The fourth-order valence-corrected chi connectivity index (χ4v) is 4.29. The summed E-state index contributed by atoms with van der Waals surface area (Å²) in [6, 6.07) is 10.5. The molecule has 116 valence electrons. The quantitative estimate of drug-likeness (QED) is 0.779. The highest BCUT2D eigenvalue weighted by molar-refractivity contribution is 7.18. The van der Waals surface area contributed by atoms with Gasteiger partial charge in [0, 0.05) is 28.1 Å². The van der Waals surface area contributed by atoms with E-state index in [0.717, 1.165) is 23.3 Å². The van der Waals surface area contributed by atoms with Gasteiger partial charge < -0.3 is 10.2 Å². The molecule has 3 heterocycles. The SMILES string of the molecule is CN1CCCC(Nc2nc3cc(C#N)ccc3c3sccc23)C1. The summed E-state index contributed by atoms with van der Waals surface area (Å²) in [7, 11) is 2.17. The molecule has 4 nitrogen and oxygen atoms in total. The zero-order valence-electron chi connectivity index (χ0n) is 13.0. The molecule has 1 aliphatic rings. The van der Waals surface area contributed by atoms with E-state index >= 15 is 0 Å². The van der Waals surface area contributed by atoms with Crippen molar-refractivity contribution in [2.75, 3.05) is 25.5 Å². The van der Waals surface area contributed by atoms with Crippen molar-refractivity contribution in [3.8, 4) is 6.07 Å². The van der Waals surface area contributed by atoms with Crippen LogP contribution in [0.4, 0.5) is 5.82 Å². The van der Waals surface area contributed by atoms with Crippen LogP contribution < -0.4 is 5.32 Å². The molecule has 0 saturated carbocycles. The third-order valence-corrected chi connectivity index (χ3v) is 5.44. The van der Waals surface area contributed by atoms with Crippen molar-refractivity contribution in [1.29, 1.82) is 5.26 Å². The number of nitriles is 1. The lowest BCUT2D eigenvalue weighted by Gasteiger charge is -2.30. The number of rotatable bonds is 2. The van der Waals surface area contributed by atoms with Crippen LogP contribution in [0.3, 0.4) is 0 Å². The van der Waals surface area contributed by atoms with Gasteiger partial charge in [-0.2, -0.15) is 5.26 Å². The Morgan fingerprint density at radius 2 is 2.26 bits per heavy atom. The molecule has 0 amide bonds. The molecular weight excluding hydrogens is 304 g/mol. The molecule has 1 fully saturated rings. The summed E-state index contributed by atoms with van der Waals surface area (Å²) < 4.78 is 1.24. The lowest BCUT2D eigenvalue weighted by molar-refractivity contribution is 0.261. The molecule has 5 heteroatoms. The third-order valence-electron chi connectivity index (χ3n) is 4.49. The average molecular weight is 322 g/mol. The smallest absolute Gasteiger partial charge is 0.135 e. The van der Waals surface area contributed by atoms with Gasteiger partial charge in [-0.1, -0.05) is 6.07 Å². The summed E-state index contributed by atoms with van der Waals surface area (Å²) in [4.78, 5) is 7.19. The number of benzene rings is 1. The fourth-order valence-electron chi connectivity index (χ4n) is 3.36. The number of nitrogens with one attached hydrogen (secondary N) is 1. The maximum Gasteiger partial charge on any atom is 0.135 e. The van der Waals surface area contributed by atoms with Crippen LogP contribution in [0.2, 0.25) is 0 Å². The van der Waals surface area contributed by atoms with Gasteiger partial charge in [0.15, 0.2) is 0 Å². The summed E-state index contributed by atoms with van der Waals surface area (Å²) in [5.74, 6) is 0.948. The maximum atomic E-state index is 9.13. The van der Waals surface area contributed by atoms with Crippen molar-refractivity contribution in [1.82, 2.24) is 9.88 Å². The number of aromatic nitrogens is 1. The molecule has 1 aromatic carbocycles. The Morgan fingerprint density at radius 3 is 3.09 bits per heavy atom. The Morgan fingerprint density at radius 1 is 1.35 bits per heavy atom. The van der Waals surface area contributed by atoms with Gasteiger partial charge in [-0.25, -0.2) is 4.98 Å². The monoisotopic (exact) mass is 322 g/mol. The van der Waals surface area contributed by atoms with Crippen LogP contribution >= 0.6 is 11.3 Å². The number of nitrogens with zero attached hydrogens (tertiary/aromatic N) is 3. The van der Waals surface area contributed by atoms with E-state index < -0.39 is 0 Å². The molecule has 1 aliphatic heterocycles. The van der Waals surface area contributed by atoms with Crippen LogP contribution in [-0.2, 0) is 0 Å². The predicted octanol–water partition coefficient (Wildman–Crippen LogP) is 3.83. The summed E-state index contributed by atoms with van der Waals surface area (Å²) in [5, 5.41) is 17.2. The van der Waals surface area contributed by atoms with Gasteiger partial charge in [-0.05, 0) is 50.0 Å². The van der Waals surface area contributed by atoms with Gasteiger partial charge in [-0.3, -0.25) is 0 Å². The summed E-state index contributed by atoms with van der Waals surface area (Å²) in [6.07, 6.45) is 2.39. The molecule has 0 radical (unpaired) electrons. The second kappa shape index (κ2) is 5.80. The third kappa shape index (κ3) is 2.65. The second-order valence-corrected chi connectivity index (χ2v) is 7.13. The molecule has 0 spiro atoms. The zero-order valence-corrected chi connectivity index (χ0v) is 13.9. The molecule has 1 atom stereocenters. The van der Waals surface area contributed by atoms with E-state index in [0.29, 0.717) is 11.6 Å². The van der Waals surface area contributed by atoms with Gasteiger partial charge in [0.25, 0.3) is 0 Å². The number of anilines is 1. The lowest BCUT2D eigenvalue weighted by atomic mass is 10.1. The van der Waals surface area contributed by atoms with E-state index in [1.807, 2.05) is 18.2 Å². The van der Waals surface area contributed by atoms with Gasteiger partial charge in [-0.15, -0.1) is 11.3 Å². The first-order valence-electron chi connectivity index (χ1n) is 7.91. The van der Waals surface area contributed by atoms with E-state index in [1.165, 1.54) is 29.5 Å². The van der Waals surface area contributed by atoms with E-state index in [1.54, 1.807) is 11.3 Å². The molecule has 2 aromatic heterocycles. The maximum absolute atomic E-state index is 9.13. The number of piperidine rings is 1. The Kier molecular flexibility index (Phi) is 3.64. The Hall–Kier alpha value is -2.16. The van der Waals surface area contributed by atoms with Gasteiger partial charge in [0.1, 0.15) is 5.82 Å². The van der Waals surface area contributed by atoms with Crippen molar-refractivity contribution < 1.29 is 0 Å². The van der Waals surface area contributed by atoms with Crippen LogP contribution in [0.5, 0.6) is 0 Å². The highest BCUT2D eigenvalue weighted by atomic mass is 32.1. The van der Waals surface area contributed by atoms with E-state index in [-0.39, 0.29) is 0 Å². The molecule has 4 rings (SSSR count). The lowest BCUT2D eigenvalue weighted by Crippen LogP contribution is -2.39. The van der Waals surface area contributed by atoms with Gasteiger partial charge in [0.05, 0.1) is 17.1 Å². The average Bonchev–Trinajstić information content (AvgIpc) is 3.04. The minimum absolute atomic E-state index is 0.431. The predicted molar refractivity (Wildman–Crippen MR) is 96.0 cm³/mol. The van der Waals surface area contributed by atoms with Gasteiger partial charge >= 0.3 is 0 Å². The highest BCUT2D eigenvalue weighted by Crippen LogP contribution is 2.34. The minimum Gasteiger partial charge on any atom is -0.365 e. The summed E-state index contributed by atoms with van der Waals surface area (Å²) in [5.41, 5.74) is 1.55. The molecular formula is C18H18N4S. The number of pyridine rings is 1. The zero-order chi connectivity index (χ0) is 15.8. The first-order valence-corrected chi connectivity index (χ1v) is 8.79. The Bertz CT molecular complexity index is 908. The summed E-state index contributed by atoms with van der Waals surface area (Å²) in [6.45, 7) is 2.21. The number of likely N-dealkylation sites (N-methyl/N-ethyl adjacent to an activating group) is 1. The normalized spacial score (nSPS) is 19.0. The van der Waals surface area contributed by atoms with Crippen LogP contribution in [0.15, 0.2) is 29.6 Å². The van der Waals surface area contributed by atoms with Crippen LogP contribution in [0.1, 0.15) is 18.4 Å². The fraction of sp³-hybridized carbons (Fsp3) is 0.333. The van der Waals surface area contributed by atoms with Crippen LogP contribution in [-0.4, -0.2) is 36.1 Å². The largest absolute Gasteiger partial charge is 0.365 e. The minimum atomic E-state index is 0.431. The van der Waals surface area contributed by atoms with E-state index in [9.17, 15) is 0 Å². The number of hydrogen-bond donors (Lipinski definition) is 1. The Labute approximate surface area is 139 Å². The van der Waals surface area contributed by atoms with Crippen LogP contribution in [0, 0.1) is 11.3 Å². The highest BCUT2D eigenvalue weighted by Gasteiger charge is 2.19. The molecule has 1 N–H and O–H groups in total. The molecule has 23 heavy (non-hydrogen) atoms. The van der Waals surface area contributed by atoms with E-state index in [4.69, 9.17) is 10.2 Å². The first kappa shape index (κ1) is 14.4. The van der Waals surface area contributed by atoms with Crippen molar-refractivity contribution in [2.24, 2.45) is 0 Å². The molecule has 0 bridgehead atoms. The molecule has 1 saturated heterocycles. The molecule has 3 aromatic rings. The summed E-state index contributed by atoms with van der Waals surface area (Å²) >= 11 is 1.73. The van der Waals surface area contributed by atoms with E-state index in [2.05, 4.69) is 34.8 Å².